The van der Waals surface area contributed by atoms with Crippen LogP contribution in [-0.4, -0.2) is 9.78 Å². The number of hydrogen-bond acceptors (Lipinski definition) is 2. The molecule has 1 aromatic heterocycles. The Morgan fingerprint density at radius 1 is 1.82 bits per heavy atom. The number of aryl methyl sites for hydroxylation is 1. The lowest BCUT2D eigenvalue weighted by Gasteiger charge is -2.04. The molecule has 0 fully saturated rings. The van der Waals surface area contributed by atoms with Crippen LogP contribution in [0.15, 0.2) is 12.4 Å². The molecule has 0 saturated carbocycles. The van der Waals surface area contributed by atoms with Gasteiger partial charge >= 0.3 is 0 Å². The highest BCUT2D eigenvalue weighted by atomic mass is 15.3. The summed E-state index contributed by atoms with van der Waals surface area (Å²) >= 11 is 0. The highest BCUT2D eigenvalue weighted by molar-refractivity contribution is 5.02. The smallest absolute Gasteiger partial charge is 0.138 e. The molecule has 0 aromatic carbocycles. The quantitative estimate of drug-likeness (QED) is 0.641. The summed E-state index contributed by atoms with van der Waals surface area (Å²) in [6.45, 7) is 3.94. The number of hydrogen-bond donors (Lipinski definition) is 0. The van der Waals surface area contributed by atoms with Gasteiger partial charge in [0.05, 0.1) is 12.3 Å². The summed E-state index contributed by atoms with van der Waals surface area (Å²) in [5.74, 6) is 0. The number of aromatic nitrogens is 2. The predicted octanol–water partition coefficient (Wildman–Crippen LogP) is 1.67. The van der Waals surface area contributed by atoms with Gasteiger partial charge in [-0.2, -0.15) is 10.4 Å². The van der Waals surface area contributed by atoms with Crippen molar-refractivity contribution in [3.05, 3.63) is 18.0 Å². The zero-order valence-electron chi connectivity index (χ0n) is 6.78. The van der Waals surface area contributed by atoms with Crippen LogP contribution in [0.25, 0.3) is 0 Å². The Bertz CT molecular complexity index is 269. The van der Waals surface area contributed by atoms with Gasteiger partial charge in [-0.15, -0.1) is 0 Å². The summed E-state index contributed by atoms with van der Waals surface area (Å²) in [5.41, 5.74) is 1.10. The molecule has 0 aliphatic heterocycles. The number of nitriles is 1. The van der Waals surface area contributed by atoms with Gasteiger partial charge in [-0.3, -0.25) is 4.68 Å². The second-order valence-electron chi connectivity index (χ2n) is 2.55. The molecule has 0 radical (unpaired) electrons. The van der Waals surface area contributed by atoms with E-state index in [-0.39, 0.29) is 6.04 Å². The second kappa shape index (κ2) is 3.20. The van der Waals surface area contributed by atoms with E-state index in [9.17, 15) is 0 Å². The van der Waals surface area contributed by atoms with Crippen LogP contribution in [0.5, 0.6) is 0 Å². The Kier molecular flexibility index (Phi) is 2.27. The summed E-state index contributed by atoms with van der Waals surface area (Å²) < 4.78 is 1.70. The first kappa shape index (κ1) is 7.80. The van der Waals surface area contributed by atoms with Crippen LogP contribution in [0.4, 0.5) is 0 Å². The molecule has 58 valence electrons. The maximum absolute atomic E-state index is 8.68. The van der Waals surface area contributed by atoms with Gasteiger partial charge in [-0.1, -0.05) is 6.92 Å². The Morgan fingerprint density at radius 3 is 2.91 bits per heavy atom. The number of nitrogens with zero attached hydrogens (tertiary/aromatic N) is 3. The summed E-state index contributed by atoms with van der Waals surface area (Å²) in [5, 5.41) is 12.7. The van der Waals surface area contributed by atoms with Gasteiger partial charge in [-0.25, -0.2) is 0 Å². The third kappa shape index (κ3) is 1.58. The predicted molar refractivity (Wildman–Crippen MR) is 41.9 cm³/mol. The zero-order valence-corrected chi connectivity index (χ0v) is 6.78. The van der Waals surface area contributed by atoms with Crippen molar-refractivity contribution in [2.45, 2.75) is 26.3 Å². The van der Waals surface area contributed by atoms with Gasteiger partial charge in [0.1, 0.15) is 6.04 Å². The minimum absolute atomic E-state index is 0.108. The molecule has 0 aliphatic rings. The highest BCUT2D eigenvalue weighted by Crippen LogP contribution is 2.08. The van der Waals surface area contributed by atoms with Gasteiger partial charge in [-0.05, 0) is 18.9 Å². The van der Waals surface area contributed by atoms with E-state index in [0.717, 1.165) is 12.0 Å². The van der Waals surface area contributed by atoms with E-state index < -0.39 is 0 Å². The van der Waals surface area contributed by atoms with Crippen LogP contribution in [0.1, 0.15) is 24.9 Å². The molecular formula is C8H11N3. The fourth-order valence-electron chi connectivity index (χ4n) is 0.941. The van der Waals surface area contributed by atoms with E-state index in [2.05, 4.69) is 11.2 Å². The van der Waals surface area contributed by atoms with Crippen LogP contribution in [0, 0.1) is 18.3 Å². The van der Waals surface area contributed by atoms with E-state index in [4.69, 9.17) is 5.26 Å². The highest BCUT2D eigenvalue weighted by Gasteiger charge is 2.06. The molecule has 0 saturated heterocycles. The lowest BCUT2D eigenvalue weighted by Crippen LogP contribution is -2.05. The second-order valence-corrected chi connectivity index (χ2v) is 2.55. The van der Waals surface area contributed by atoms with Gasteiger partial charge in [0.2, 0.25) is 0 Å². The minimum Gasteiger partial charge on any atom is -0.255 e. The normalized spacial score (nSPS) is 12.5. The molecule has 0 spiro atoms. The Morgan fingerprint density at radius 2 is 2.55 bits per heavy atom. The van der Waals surface area contributed by atoms with Crippen molar-refractivity contribution in [2.24, 2.45) is 0 Å². The first-order valence-electron chi connectivity index (χ1n) is 3.68. The molecule has 1 atom stereocenters. The van der Waals surface area contributed by atoms with Crippen LogP contribution in [0.2, 0.25) is 0 Å². The standard InChI is InChI=1S/C8H11N3/c1-3-8(4-9)11-6-7(2)5-10-11/h5-6,8H,3H2,1-2H3. The molecule has 1 unspecified atom stereocenters. The van der Waals surface area contributed by atoms with Crippen molar-refractivity contribution < 1.29 is 0 Å². The van der Waals surface area contributed by atoms with Gasteiger partial charge in [0.15, 0.2) is 0 Å². The topological polar surface area (TPSA) is 41.6 Å². The van der Waals surface area contributed by atoms with Crippen LogP contribution in [0.3, 0.4) is 0 Å². The molecule has 11 heavy (non-hydrogen) atoms. The van der Waals surface area contributed by atoms with Crippen LogP contribution >= 0.6 is 0 Å². The number of rotatable bonds is 2. The third-order valence-corrected chi connectivity index (χ3v) is 1.59. The Labute approximate surface area is 66.3 Å². The largest absolute Gasteiger partial charge is 0.255 e. The summed E-state index contributed by atoms with van der Waals surface area (Å²) in [6.07, 6.45) is 4.45. The summed E-state index contributed by atoms with van der Waals surface area (Å²) in [7, 11) is 0. The molecule has 0 aliphatic carbocycles. The lowest BCUT2D eigenvalue weighted by atomic mass is 10.2. The van der Waals surface area contributed by atoms with Crippen molar-refractivity contribution in [1.29, 1.82) is 5.26 Å². The maximum atomic E-state index is 8.68. The molecule has 1 rings (SSSR count). The van der Waals surface area contributed by atoms with Crippen LogP contribution in [-0.2, 0) is 0 Å². The van der Waals surface area contributed by atoms with Crippen molar-refractivity contribution in [3.63, 3.8) is 0 Å². The van der Waals surface area contributed by atoms with E-state index in [1.807, 2.05) is 20.0 Å². The monoisotopic (exact) mass is 149 g/mol. The molecule has 0 N–H and O–H groups in total. The van der Waals surface area contributed by atoms with E-state index in [0.29, 0.717) is 0 Å². The molecule has 0 amide bonds. The lowest BCUT2D eigenvalue weighted by molar-refractivity contribution is 0.534. The first-order chi connectivity index (χ1) is 5.27. The summed E-state index contributed by atoms with van der Waals surface area (Å²) in [4.78, 5) is 0. The third-order valence-electron chi connectivity index (χ3n) is 1.59. The van der Waals surface area contributed by atoms with Gasteiger partial charge in [0.25, 0.3) is 0 Å². The fourth-order valence-corrected chi connectivity index (χ4v) is 0.941. The van der Waals surface area contributed by atoms with Crippen molar-refractivity contribution in [2.75, 3.05) is 0 Å². The van der Waals surface area contributed by atoms with Gasteiger partial charge in [0, 0.05) is 6.20 Å². The molecule has 1 heterocycles. The SMILES string of the molecule is CCC(C#N)n1cc(C)cn1. The maximum Gasteiger partial charge on any atom is 0.138 e. The minimum atomic E-state index is -0.108. The first-order valence-corrected chi connectivity index (χ1v) is 3.68. The zero-order chi connectivity index (χ0) is 8.27. The van der Waals surface area contributed by atoms with Crippen molar-refractivity contribution in [1.82, 2.24) is 9.78 Å². The van der Waals surface area contributed by atoms with Crippen molar-refractivity contribution >= 4 is 0 Å². The molecular weight excluding hydrogens is 138 g/mol. The fraction of sp³-hybridized carbons (Fsp3) is 0.500. The van der Waals surface area contributed by atoms with Crippen LogP contribution < -0.4 is 0 Å². The average Bonchev–Trinajstić information content (AvgIpc) is 2.39. The van der Waals surface area contributed by atoms with E-state index in [1.54, 1.807) is 10.9 Å². The molecule has 0 bridgehead atoms. The van der Waals surface area contributed by atoms with Crippen molar-refractivity contribution in [3.8, 4) is 6.07 Å². The Balaban J connectivity index is 2.84. The van der Waals surface area contributed by atoms with E-state index in [1.165, 1.54) is 0 Å². The molecule has 1 aromatic rings. The summed E-state index contributed by atoms with van der Waals surface area (Å²) in [6, 6.07) is 2.07. The van der Waals surface area contributed by atoms with E-state index >= 15 is 0 Å². The van der Waals surface area contributed by atoms with Gasteiger partial charge < -0.3 is 0 Å². The Hall–Kier alpha value is -1.30. The molecule has 3 nitrogen and oxygen atoms in total. The molecule has 3 heteroatoms. The average molecular weight is 149 g/mol.